The summed E-state index contributed by atoms with van der Waals surface area (Å²) < 4.78 is 0. The van der Waals surface area contributed by atoms with Crippen molar-refractivity contribution < 1.29 is 39.6 Å². The van der Waals surface area contributed by atoms with Crippen molar-refractivity contribution in [2.45, 2.75) is 18.4 Å². The monoisotopic (exact) mass is 286 g/mol. The zero-order valence-corrected chi connectivity index (χ0v) is 9.99. The molecule has 0 spiro atoms. The number of primary amides is 2. The van der Waals surface area contributed by atoms with Crippen molar-refractivity contribution >= 4 is 37.4 Å². The Labute approximate surface area is 108 Å². The van der Waals surface area contributed by atoms with Gasteiger partial charge in [-0.05, 0) is 0 Å². The Morgan fingerprint density at radius 2 is 1.11 bits per heavy atom. The third-order valence-electron chi connectivity index (χ3n) is 1.29. The van der Waals surface area contributed by atoms with Crippen LogP contribution >= 0.6 is 13.5 Å². The maximum absolute atomic E-state index is 10.3. The van der Waals surface area contributed by atoms with E-state index in [9.17, 15) is 14.4 Å². The number of carboxylic acids is 3. The van der Waals surface area contributed by atoms with Crippen LogP contribution in [0.5, 0.6) is 0 Å². The molecule has 0 saturated heterocycles. The summed E-state index contributed by atoms with van der Waals surface area (Å²) >= 11 is 0. The Balaban J connectivity index is -0.000000392. The van der Waals surface area contributed by atoms with Gasteiger partial charge in [0.25, 0.3) is 0 Å². The highest BCUT2D eigenvalue weighted by Gasteiger charge is 2.40. The minimum atomic E-state index is -2.74. The lowest BCUT2D eigenvalue weighted by Crippen LogP contribution is -2.42. The lowest BCUT2D eigenvalue weighted by atomic mass is 9.96. The van der Waals surface area contributed by atoms with Crippen molar-refractivity contribution in [1.29, 1.82) is 0 Å². The lowest BCUT2D eigenvalue weighted by molar-refractivity contribution is -0.170. The Morgan fingerprint density at radius 3 is 1.22 bits per heavy atom. The van der Waals surface area contributed by atoms with Gasteiger partial charge in [-0.15, -0.1) is 0 Å². The van der Waals surface area contributed by atoms with Crippen molar-refractivity contribution in [2.75, 3.05) is 0 Å². The number of rotatable bonds is 5. The van der Waals surface area contributed by atoms with E-state index < -0.39 is 42.4 Å². The van der Waals surface area contributed by atoms with E-state index in [0.29, 0.717) is 0 Å². The molecule has 0 aliphatic rings. The van der Waals surface area contributed by atoms with Crippen LogP contribution in [0, 0.1) is 0 Å². The standard InChI is InChI=1S/C6H8O7.CH4N2O.H2S/c7-3(8)1-6(13,5(11)12)2-4(9)10;2-1(3)4;/h13H,1-2H2,(H,7,8)(H,9,10)(H,11,12);(H4,2,3,4);1H2. The lowest BCUT2D eigenvalue weighted by Gasteiger charge is -2.18. The zero-order valence-electron chi connectivity index (χ0n) is 8.99. The van der Waals surface area contributed by atoms with E-state index in [2.05, 4.69) is 11.5 Å². The average Bonchev–Trinajstić information content (AvgIpc) is 1.98. The van der Waals surface area contributed by atoms with Crippen LogP contribution in [0.15, 0.2) is 0 Å². The van der Waals surface area contributed by atoms with Gasteiger partial charge in [-0.2, -0.15) is 13.5 Å². The van der Waals surface area contributed by atoms with Gasteiger partial charge in [0.05, 0.1) is 12.8 Å². The van der Waals surface area contributed by atoms with E-state index >= 15 is 0 Å². The predicted octanol–water partition coefficient (Wildman–Crippen LogP) is -2.11. The third kappa shape index (κ3) is 12.1. The van der Waals surface area contributed by atoms with Gasteiger partial charge in [-0.25, -0.2) is 9.59 Å². The predicted molar refractivity (Wildman–Crippen MR) is 61.2 cm³/mol. The highest BCUT2D eigenvalue weighted by Crippen LogP contribution is 2.15. The van der Waals surface area contributed by atoms with Crippen LogP contribution < -0.4 is 11.5 Å². The summed E-state index contributed by atoms with van der Waals surface area (Å²) in [4.78, 5) is 39.5. The van der Waals surface area contributed by atoms with Crippen molar-refractivity contribution in [3.05, 3.63) is 0 Å². The smallest absolute Gasteiger partial charge is 0.336 e. The Hall–Kier alpha value is -2.01. The number of aliphatic hydroxyl groups is 1. The number of carbonyl (C=O) groups excluding carboxylic acids is 1. The number of aliphatic carboxylic acids is 3. The van der Waals surface area contributed by atoms with Crippen molar-refractivity contribution in [2.24, 2.45) is 11.5 Å². The van der Waals surface area contributed by atoms with Gasteiger partial charge in [0, 0.05) is 0 Å². The van der Waals surface area contributed by atoms with Crippen LogP contribution in [0.1, 0.15) is 12.8 Å². The first kappa shape index (κ1) is 21.3. The van der Waals surface area contributed by atoms with Crippen LogP contribution in [-0.2, 0) is 14.4 Å². The minimum absolute atomic E-state index is 0. The summed E-state index contributed by atoms with van der Waals surface area (Å²) in [5.41, 5.74) is 5.76. The molecule has 0 aromatic rings. The molecule has 0 saturated carbocycles. The molecule has 0 aromatic carbocycles. The molecule has 11 heteroatoms. The van der Waals surface area contributed by atoms with Crippen molar-refractivity contribution in [1.82, 2.24) is 0 Å². The molecule has 106 valence electrons. The third-order valence-corrected chi connectivity index (χ3v) is 1.29. The van der Waals surface area contributed by atoms with Gasteiger partial charge in [0.15, 0.2) is 5.60 Å². The summed E-state index contributed by atoms with van der Waals surface area (Å²) in [5, 5.41) is 33.8. The Bertz CT molecular complexity index is 311. The second-order valence-electron chi connectivity index (χ2n) is 2.88. The first-order chi connectivity index (χ1) is 7.51. The molecule has 8 N–H and O–H groups in total. The molecule has 0 heterocycles. The Kier molecular flexibility index (Phi) is 10.7. The number of hydrogen-bond donors (Lipinski definition) is 6. The number of urea groups is 1. The van der Waals surface area contributed by atoms with E-state index in [1.54, 1.807) is 0 Å². The molecule has 0 aliphatic carbocycles. The van der Waals surface area contributed by atoms with Crippen LogP contribution in [0.2, 0.25) is 0 Å². The first-order valence-corrected chi connectivity index (χ1v) is 3.95. The fourth-order valence-corrected chi connectivity index (χ4v) is 0.714. The molecule has 18 heavy (non-hydrogen) atoms. The molecule has 0 bridgehead atoms. The topological polar surface area (TPSA) is 201 Å². The van der Waals surface area contributed by atoms with Crippen LogP contribution in [0.25, 0.3) is 0 Å². The second-order valence-corrected chi connectivity index (χ2v) is 2.88. The summed E-state index contributed by atoms with van der Waals surface area (Å²) in [7, 11) is 0. The molecule has 2 amide bonds. The summed E-state index contributed by atoms with van der Waals surface area (Å²) in [5.74, 6) is -5.02. The van der Waals surface area contributed by atoms with Gasteiger partial charge in [0.2, 0.25) is 0 Å². The molecular formula is C7H14N2O8S. The summed E-state index contributed by atoms with van der Waals surface area (Å²) in [6.45, 7) is 0. The van der Waals surface area contributed by atoms with Crippen molar-refractivity contribution in [3.8, 4) is 0 Å². The quantitative estimate of drug-likeness (QED) is 0.329. The highest BCUT2D eigenvalue weighted by molar-refractivity contribution is 7.59. The minimum Gasteiger partial charge on any atom is -0.481 e. The Morgan fingerprint density at radius 1 is 0.889 bits per heavy atom. The molecule has 10 nitrogen and oxygen atoms in total. The molecule has 0 unspecified atom stereocenters. The SMILES string of the molecule is NC(N)=O.O=C(O)CC(O)(CC(=O)O)C(=O)O.S. The van der Waals surface area contributed by atoms with E-state index in [4.69, 9.17) is 25.2 Å². The van der Waals surface area contributed by atoms with Gasteiger partial charge in [0.1, 0.15) is 0 Å². The van der Waals surface area contributed by atoms with Crippen LogP contribution in [0.3, 0.4) is 0 Å². The summed E-state index contributed by atoms with van der Waals surface area (Å²) in [6.07, 6.45) is -2.29. The zero-order chi connectivity index (χ0) is 14.2. The molecular weight excluding hydrogens is 272 g/mol. The van der Waals surface area contributed by atoms with Crippen molar-refractivity contribution in [3.63, 3.8) is 0 Å². The maximum Gasteiger partial charge on any atom is 0.336 e. The van der Waals surface area contributed by atoms with E-state index in [-0.39, 0.29) is 13.5 Å². The van der Waals surface area contributed by atoms with Gasteiger partial charge >= 0.3 is 23.9 Å². The maximum atomic E-state index is 10.3. The number of amides is 2. The number of nitrogens with two attached hydrogens (primary N) is 2. The molecule has 0 rings (SSSR count). The summed E-state index contributed by atoms with van der Waals surface area (Å²) in [6, 6.07) is -0.833. The normalized spacial score (nSPS) is 9.17. The molecule has 0 radical (unpaired) electrons. The second kappa shape index (κ2) is 9.07. The van der Waals surface area contributed by atoms with E-state index in [1.807, 2.05) is 0 Å². The molecule has 0 fully saturated rings. The molecule has 0 aromatic heterocycles. The first-order valence-electron chi connectivity index (χ1n) is 3.95. The molecule has 0 aliphatic heterocycles. The highest BCUT2D eigenvalue weighted by atomic mass is 32.1. The van der Waals surface area contributed by atoms with Gasteiger partial charge < -0.3 is 31.9 Å². The fraction of sp³-hybridized carbons (Fsp3) is 0.429. The largest absolute Gasteiger partial charge is 0.481 e. The van der Waals surface area contributed by atoms with E-state index in [0.717, 1.165) is 0 Å². The number of carbonyl (C=O) groups is 4. The van der Waals surface area contributed by atoms with E-state index in [1.165, 1.54) is 0 Å². The average molecular weight is 286 g/mol. The van der Waals surface area contributed by atoms with Crippen LogP contribution in [-0.4, -0.2) is 50.0 Å². The van der Waals surface area contributed by atoms with Gasteiger partial charge in [-0.3, -0.25) is 9.59 Å². The fourth-order valence-electron chi connectivity index (χ4n) is 0.714. The number of carboxylic acid groups (broad SMARTS) is 3. The van der Waals surface area contributed by atoms with Gasteiger partial charge in [-0.1, -0.05) is 0 Å². The molecule has 0 atom stereocenters. The van der Waals surface area contributed by atoms with Crippen LogP contribution in [0.4, 0.5) is 4.79 Å². The number of hydrogen-bond acceptors (Lipinski definition) is 5.